The topological polar surface area (TPSA) is 129 Å². The number of nitrogens with one attached hydrogen (secondary N) is 2. The van der Waals surface area contributed by atoms with Crippen LogP contribution in [0.3, 0.4) is 0 Å². The number of amides is 1. The van der Waals surface area contributed by atoms with E-state index >= 15 is 0 Å². The van der Waals surface area contributed by atoms with Crippen molar-refractivity contribution in [3.05, 3.63) is 54.2 Å². The van der Waals surface area contributed by atoms with Crippen molar-refractivity contribution >= 4 is 27.5 Å². The molecule has 0 aliphatic heterocycles. The normalized spacial score (nSPS) is 12.0. The zero-order valence-electron chi connectivity index (χ0n) is 13.1. The maximum Gasteiger partial charge on any atom is 0.250 e. The van der Waals surface area contributed by atoms with Crippen LogP contribution in [0.25, 0.3) is 0 Å². The molecule has 0 saturated heterocycles. The number of benzene rings is 1. The summed E-state index contributed by atoms with van der Waals surface area (Å²) in [6.07, 6.45) is 1.45. The van der Waals surface area contributed by atoms with Gasteiger partial charge in [-0.3, -0.25) is 9.59 Å². The second kappa shape index (κ2) is 7.65. The number of Topliss-reactive ketones (excluding diaryl/α,β-unsaturated/α-hetero) is 1. The average Bonchev–Trinajstić information content (AvgIpc) is 2.63. The first-order chi connectivity index (χ1) is 11.9. The monoisotopic (exact) mass is 358 g/mol. The van der Waals surface area contributed by atoms with Gasteiger partial charge in [0, 0.05) is 11.8 Å². The lowest BCUT2D eigenvalue weighted by Gasteiger charge is -2.10. The smallest absolute Gasteiger partial charge is 0.250 e. The molecule has 8 nitrogen and oxygen atoms in total. The van der Waals surface area contributed by atoms with E-state index in [4.69, 9.17) is 0 Å². The van der Waals surface area contributed by atoms with E-state index in [0.29, 0.717) is 0 Å². The van der Waals surface area contributed by atoms with Crippen molar-refractivity contribution in [2.45, 2.75) is 4.90 Å². The van der Waals surface area contributed by atoms with E-state index in [-0.39, 0.29) is 16.3 Å². The van der Waals surface area contributed by atoms with Gasteiger partial charge in [-0.25, -0.2) is 18.1 Å². The summed E-state index contributed by atoms with van der Waals surface area (Å²) in [5, 5.41) is 11.6. The van der Waals surface area contributed by atoms with Crippen LogP contribution in [0.4, 0.5) is 5.82 Å². The first-order valence-electron chi connectivity index (χ1n) is 7.08. The van der Waals surface area contributed by atoms with E-state index in [2.05, 4.69) is 15.0 Å². The number of pyridine rings is 1. The molecule has 0 saturated carbocycles. The number of carbonyl (C=O) groups excluding carboxylic acids is 2. The van der Waals surface area contributed by atoms with Gasteiger partial charge in [-0.2, -0.15) is 5.26 Å². The van der Waals surface area contributed by atoms with E-state index in [1.54, 1.807) is 18.2 Å². The Morgan fingerprint density at radius 1 is 1.20 bits per heavy atom. The number of sulfonamides is 1. The molecule has 1 unspecified atom stereocenters. The molecule has 2 aromatic rings. The van der Waals surface area contributed by atoms with Crippen LogP contribution in [0, 0.1) is 17.2 Å². The summed E-state index contributed by atoms with van der Waals surface area (Å²) in [5.74, 6) is -3.07. The number of nitrogens with zero attached hydrogens (tertiary/aromatic N) is 2. The molecule has 2 rings (SSSR count). The Hall–Kier alpha value is -3.09. The van der Waals surface area contributed by atoms with Crippen LogP contribution in [0.1, 0.15) is 10.4 Å². The van der Waals surface area contributed by atoms with Gasteiger partial charge in [0.15, 0.2) is 11.7 Å². The Labute approximate surface area is 144 Å². The molecule has 1 heterocycles. The summed E-state index contributed by atoms with van der Waals surface area (Å²) in [6.45, 7) is 0. The molecule has 0 bridgehead atoms. The second-order valence-corrected chi connectivity index (χ2v) is 6.75. The molecule has 1 atom stereocenters. The van der Waals surface area contributed by atoms with Crippen molar-refractivity contribution in [3.8, 4) is 6.07 Å². The highest BCUT2D eigenvalue weighted by molar-refractivity contribution is 7.89. The van der Waals surface area contributed by atoms with Crippen LogP contribution in [-0.4, -0.2) is 32.1 Å². The van der Waals surface area contributed by atoms with Crippen molar-refractivity contribution < 1.29 is 18.0 Å². The minimum atomic E-state index is -3.75. The molecular formula is C16H14N4O4S. The zero-order valence-corrected chi connectivity index (χ0v) is 13.9. The van der Waals surface area contributed by atoms with E-state index < -0.39 is 27.6 Å². The molecule has 0 aliphatic rings. The third-order valence-corrected chi connectivity index (χ3v) is 4.68. The van der Waals surface area contributed by atoms with Crippen molar-refractivity contribution in [2.24, 2.45) is 5.92 Å². The first kappa shape index (κ1) is 18.3. The maximum atomic E-state index is 12.5. The van der Waals surface area contributed by atoms with Crippen LogP contribution < -0.4 is 10.0 Å². The standard InChI is InChI=1S/C16H14N4O4S/c1-18-25(23,24)12-6-4-5-11(9-12)15(21)13(10-17)16(22)20-14-7-2-3-8-19-14/h2-9,13,18H,1H3,(H,19,20,22). The first-order valence-corrected chi connectivity index (χ1v) is 8.56. The van der Waals surface area contributed by atoms with Gasteiger partial charge in [0.25, 0.3) is 5.91 Å². The lowest BCUT2D eigenvalue weighted by atomic mass is 9.98. The Balaban J connectivity index is 2.27. The van der Waals surface area contributed by atoms with E-state index in [1.807, 2.05) is 0 Å². The third-order valence-electron chi connectivity index (χ3n) is 3.27. The molecule has 9 heteroatoms. The minimum Gasteiger partial charge on any atom is -0.309 e. The fourth-order valence-electron chi connectivity index (χ4n) is 1.97. The summed E-state index contributed by atoms with van der Waals surface area (Å²) in [7, 11) is -2.51. The van der Waals surface area contributed by atoms with Gasteiger partial charge in [-0.05, 0) is 31.3 Å². The van der Waals surface area contributed by atoms with Crippen molar-refractivity contribution in [2.75, 3.05) is 12.4 Å². The van der Waals surface area contributed by atoms with Crippen LogP contribution in [-0.2, 0) is 14.8 Å². The summed E-state index contributed by atoms with van der Waals surface area (Å²) in [5.41, 5.74) is -0.0564. The fourth-order valence-corrected chi connectivity index (χ4v) is 2.75. The lowest BCUT2D eigenvalue weighted by Crippen LogP contribution is -2.29. The fraction of sp³-hybridized carbons (Fsp3) is 0.125. The molecule has 1 amide bonds. The van der Waals surface area contributed by atoms with Crippen LogP contribution in [0.5, 0.6) is 0 Å². The number of hydrogen-bond acceptors (Lipinski definition) is 6. The van der Waals surface area contributed by atoms with E-state index in [1.165, 1.54) is 37.5 Å². The summed E-state index contributed by atoms with van der Waals surface area (Å²) in [6, 6.07) is 11.6. The van der Waals surface area contributed by atoms with Crippen LogP contribution in [0.15, 0.2) is 53.6 Å². The van der Waals surface area contributed by atoms with Gasteiger partial charge in [0.05, 0.1) is 11.0 Å². The molecule has 0 radical (unpaired) electrons. The van der Waals surface area contributed by atoms with Gasteiger partial charge in [-0.1, -0.05) is 18.2 Å². The van der Waals surface area contributed by atoms with Crippen LogP contribution >= 0.6 is 0 Å². The lowest BCUT2D eigenvalue weighted by molar-refractivity contribution is -0.117. The Kier molecular flexibility index (Phi) is 5.59. The molecule has 1 aromatic carbocycles. The van der Waals surface area contributed by atoms with Crippen LogP contribution in [0.2, 0.25) is 0 Å². The van der Waals surface area contributed by atoms with Gasteiger partial charge in [0.2, 0.25) is 10.0 Å². The minimum absolute atomic E-state index is 0.0564. The number of anilines is 1. The predicted molar refractivity (Wildman–Crippen MR) is 89.0 cm³/mol. The highest BCUT2D eigenvalue weighted by Crippen LogP contribution is 2.16. The number of rotatable bonds is 6. The van der Waals surface area contributed by atoms with E-state index in [0.717, 1.165) is 6.07 Å². The van der Waals surface area contributed by atoms with Gasteiger partial charge in [-0.15, -0.1) is 0 Å². The molecule has 0 aliphatic carbocycles. The van der Waals surface area contributed by atoms with Gasteiger partial charge < -0.3 is 5.32 Å². The molecule has 1 aromatic heterocycles. The van der Waals surface area contributed by atoms with Crippen molar-refractivity contribution in [1.29, 1.82) is 5.26 Å². The third kappa shape index (κ3) is 4.26. The Morgan fingerprint density at radius 3 is 2.56 bits per heavy atom. The van der Waals surface area contributed by atoms with Gasteiger partial charge in [0.1, 0.15) is 5.82 Å². The molecule has 0 fully saturated rings. The molecule has 2 N–H and O–H groups in total. The zero-order chi connectivity index (χ0) is 18.4. The highest BCUT2D eigenvalue weighted by Gasteiger charge is 2.28. The van der Waals surface area contributed by atoms with Crippen molar-refractivity contribution in [1.82, 2.24) is 9.71 Å². The predicted octanol–water partition coefficient (Wildman–Crippen LogP) is 0.951. The highest BCUT2D eigenvalue weighted by atomic mass is 32.2. The largest absolute Gasteiger partial charge is 0.309 e. The van der Waals surface area contributed by atoms with Crippen molar-refractivity contribution in [3.63, 3.8) is 0 Å². The summed E-state index contributed by atoms with van der Waals surface area (Å²) < 4.78 is 25.8. The van der Waals surface area contributed by atoms with Gasteiger partial charge >= 0.3 is 0 Å². The number of aromatic nitrogens is 1. The summed E-state index contributed by atoms with van der Waals surface area (Å²) in [4.78, 5) is 28.4. The number of carbonyl (C=O) groups is 2. The molecular weight excluding hydrogens is 344 g/mol. The second-order valence-electron chi connectivity index (χ2n) is 4.87. The summed E-state index contributed by atoms with van der Waals surface area (Å²) >= 11 is 0. The number of ketones is 1. The Bertz CT molecular complexity index is 936. The quantitative estimate of drug-likeness (QED) is 0.584. The Morgan fingerprint density at radius 2 is 1.96 bits per heavy atom. The van der Waals surface area contributed by atoms with E-state index in [9.17, 15) is 23.3 Å². The maximum absolute atomic E-state index is 12.5. The molecule has 128 valence electrons. The number of hydrogen-bond donors (Lipinski definition) is 2. The molecule has 0 spiro atoms. The SMILES string of the molecule is CNS(=O)(=O)c1cccc(C(=O)C(C#N)C(=O)Nc2ccccn2)c1. The number of nitriles is 1. The molecule has 25 heavy (non-hydrogen) atoms. The average molecular weight is 358 g/mol.